The van der Waals surface area contributed by atoms with Crippen molar-refractivity contribution in [1.29, 1.82) is 0 Å². The third-order valence-corrected chi connectivity index (χ3v) is 5.99. The van der Waals surface area contributed by atoms with E-state index in [1.165, 1.54) is 0 Å². The molecule has 2 atom stereocenters. The zero-order valence-corrected chi connectivity index (χ0v) is 17.4. The van der Waals surface area contributed by atoms with E-state index in [9.17, 15) is 0 Å². The van der Waals surface area contributed by atoms with Crippen LogP contribution in [-0.4, -0.2) is 71.1 Å². The average Bonchev–Trinajstić information content (AvgIpc) is 3.11. The Hall–Kier alpha value is -2.91. The molecule has 2 aromatic heterocycles. The summed E-state index contributed by atoms with van der Waals surface area (Å²) in [6.45, 7) is 8.70. The van der Waals surface area contributed by atoms with Gasteiger partial charge < -0.3 is 25.0 Å². The normalized spacial score (nSPS) is 22.6. The van der Waals surface area contributed by atoms with Gasteiger partial charge in [0.15, 0.2) is 0 Å². The number of benzene rings is 1. The quantitative estimate of drug-likeness (QED) is 0.700. The first-order chi connectivity index (χ1) is 14.6. The van der Waals surface area contributed by atoms with Gasteiger partial charge in [-0.2, -0.15) is 9.97 Å². The van der Waals surface area contributed by atoms with E-state index in [0.717, 1.165) is 42.3 Å². The first kappa shape index (κ1) is 19.1. The van der Waals surface area contributed by atoms with E-state index in [1.54, 1.807) is 0 Å². The molecule has 0 amide bonds. The van der Waals surface area contributed by atoms with Crippen molar-refractivity contribution in [3.63, 3.8) is 0 Å². The van der Waals surface area contributed by atoms with Crippen LogP contribution in [0.15, 0.2) is 30.3 Å². The Morgan fingerprint density at radius 3 is 2.57 bits per heavy atom. The minimum Gasteiger partial charge on any atom is -0.378 e. The van der Waals surface area contributed by atoms with E-state index in [-0.39, 0.29) is 12.1 Å². The summed E-state index contributed by atoms with van der Waals surface area (Å²) in [6, 6.07) is 10.1. The van der Waals surface area contributed by atoms with Gasteiger partial charge in [-0.15, -0.1) is 0 Å². The number of aromatic nitrogens is 4. The van der Waals surface area contributed by atoms with Crippen molar-refractivity contribution in [3.8, 4) is 5.95 Å². The van der Waals surface area contributed by atoms with Crippen LogP contribution in [0.25, 0.3) is 17.0 Å². The molecule has 0 saturated carbocycles. The van der Waals surface area contributed by atoms with Crippen molar-refractivity contribution < 1.29 is 9.47 Å². The van der Waals surface area contributed by atoms with Crippen LogP contribution in [0.1, 0.15) is 13.8 Å². The van der Waals surface area contributed by atoms with Crippen molar-refractivity contribution in [2.45, 2.75) is 26.0 Å². The van der Waals surface area contributed by atoms with Crippen LogP contribution < -0.4 is 15.5 Å². The Labute approximate surface area is 175 Å². The van der Waals surface area contributed by atoms with Crippen LogP contribution in [-0.2, 0) is 9.47 Å². The van der Waals surface area contributed by atoms with E-state index in [1.807, 2.05) is 28.8 Å². The van der Waals surface area contributed by atoms with Crippen LogP contribution in [0.4, 0.5) is 17.6 Å². The lowest BCUT2D eigenvalue weighted by Gasteiger charge is -2.39. The number of para-hydroxylation sites is 2. The summed E-state index contributed by atoms with van der Waals surface area (Å²) >= 11 is 0. The van der Waals surface area contributed by atoms with Crippen LogP contribution in [0.3, 0.4) is 0 Å². The van der Waals surface area contributed by atoms with Crippen molar-refractivity contribution in [1.82, 2.24) is 19.5 Å². The monoisotopic (exact) mass is 409 g/mol. The maximum Gasteiger partial charge on any atom is 0.241 e. The summed E-state index contributed by atoms with van der Waals surface area (Å²) in [7, 11) is 0. The SMILES string of the molecule is CC1OCCN(c2cc(N3CCOCC3)nc(-n3c(N)nc4ccccc43)n2)C1C. The van der Waals surface area contributed by atoms with E-state index < -0.39 is 0 Å². The van der Waals surface area contributed by atoms with Gasteiger partial charge in [-0.1, -0.05) is 12.1 Å². The third kappa shape index (κ3) is 3.33. The summed E-state index contributed by atoms with van der Waals surface area (Å²) in [6.07, 6.45) is 0.128. The molecule has 3 aromatic rings. The minimum atomic E-state index is 0.128. The molecule has 1 aromatic carbocycles. The fourth-order valence-corrected chi connectivity index (χ4v) is 4.12. The summed E-state index contributed by atoms with van der Waals surface area (Å²) in [4.78, 5) is 18.9. The van der Waals surface area contributed by atoms with E-state index in [4.69, 9.17) is 25.2 Å². The van der Waals surface area contributed by atoms with Gasteiger partial charge in [0.2, 0.25) is 11.9 Å². The Bertz CT molecular complexity index is 1050. The molecule has 2 aliphatic heterocycles. The second-order valence-corrected chi connectivity index (χ2v) is 7.79. The van der Waals surface area contributed by atoms with Gasteiger partial charge in [0, 0.05) is 25.7 Å². The fraction of sp³-hybridized carbons (Fsp3) is 0.476. The van der Waals surface area contributed by atoms with Crippen LogP contribution in [0.5, 0.6) is 0 Å². The Balaban J connectivity index is 1.65. The first-order valence-corrected chi connectivity index (χ1v) is 10.4. The second-order valence-electron chi connectivity index (χ2n) is 7.79. The van der Waals surface area contributed by atoms with Crippen molar-refractivity contribution in [3.05, 3.63) is 30.3 Å². The van der Waals surface area contributed by atoms with E-state index >= 15 is 0 Å². The number of nitrogen functional groups attached to an aromatic ring is 1. The predicted octanol–water partition coefficient (Wildman–Crippen LogP) is 1.85. The topological polar surface area (TPSA) is 94.6 Å². The summed E-state index contributed by atoms with van der Waals surface area (Å²) in [5, 5.41) is 0. The molecule has 0 aliphatic carbocycles. The molecule has 0 radical (unpaired) electrons. The first-order valence-electron chi connectivity index (χ1n) is 10.4. The number of fused-ring (bicyclic) bond motifs is 1. The Kier molecular flexibility index (Phi) is 4.92. The molecule has 0 bridgehead atoms. The molecule has 2 N–H and O–H groups in total. The van der Waals surface area contributed by atoms with Gasteiger partial charge in [0.25, 0.3) is 0 Å². The number of ether oxygens (including phenoxy) is 2. The third-order valence-electron chi connectivity index (χ3n) is 5.99. The highest BCUT2D eigenvalue weighted by Crippen LogP contribution is 2.28. The van der Waals surface area contributed by atoms with Crippen LogP contribution in [0, 0.1) is 0 Å². The lowest BCUT2D eigenvalue weighted by molar-refractivity contribution is 0.0281. The zero-order valence-electron chi connectivity index (χ0n) is 17.4. The maximum atomic E-state index is 6.30. The van der Waals surface area contributed by atoms with Gasteiger partial charge in [-0.25, -0.2) is 9.55 Å². The number of hydrogen-bond donors (Lipinski definition) is 1. The lowest BCUT2D eigenvalue weighted by atomic mass is 10.1. The van der Waals surface area contributed by atoms with Gasteiger partial charge in [-0.3, -0.25) is 0 Å². The Morgan fingerprint density at radius 1 is 0.967 bits per heavy atom. The molecule has 9 heteroatoms. The smallest absolute Gasteiger partial charge is 0.241 e. The number of morpholine rings is 2. The van der Waals surface area contributed by atoms with Gasteiger partial charge in [0.1, 0.15) is 11.6 Å². The highest BCUT2D eigenvalue weighted by atomic mass is 16.5. The average molecular weight is 409 g/mol. The van der Waals surface area contributed by atoms with Crippen LogP contribution in [0.2, 0.25) is 0 Å². The molecule has 30 heavy (non-hydrogen) atoms. The molecule has 5 rings (SSSR count). The number of rotatable bonds is 3. The van der Waals surface area contributed by atoms with Crippen LogP contribution >= 0.6 is 0 Å². The van der Waals surface area contributed by atoms with Gasteiger partial charge >= 0.3 is 0 Å². The fourth-order valence-electron chi connectivity index (χ4n) is 4.12. The second kappa shape index (κ2) is 7.73. The molecule has 2 saturated heterocycles. The molecule has 2 unspecified atom stereocenters. The van der Waals surface area contributed by atoms with Crippen molar-refractivity contribution in [2.24, 2.45) is 0 Å². The minimum absolute atomic E-state index is 0.128. The highest BCUT2D eigenvalue weighted by molar-refractivity contribution is 5.80. The summed E-state index contributed by atoms with van der Waals surface area (Å²) in [5.74, 6) is 2.67. The summed E-state index contributed by atoms with van der Waals surface area (Å²) in [5.41, 5.74) is 8.01. The number of anilines is 3. The lowest BCUT2D eigenvalue weighted by Crippen LogP contribution is -2.49. The predicted molar refractivity (Wildman–Crippen MR) is 116 cm³/mol. The standard InChI is InChI=1S/C21H27N7O2/c1-14-15(2)30-12-9-27(14)19-13-18(26-7-10-29-11-8-26)24-21(25-19)28-17-6-4-3-5-16(17)23-20(28)22/h3-6,13-15H,7-12H2,1-2H3,(H2,22,23). The number of hydrogen-bond acceptors (Lipinski definition) is 8. The molecular formula is C21H27N7O2. The largest absolute Gasteiger partial charge is 0.378 e. The highest BCUT2D eigenvalue weighted by Gasteiger charge is 2.28. The zero-order chi connectivity index (χ0) is 20.7. The Morgan fingerprint density at radius 2 is 1.73 bits per heavy atom. The molecular weight excluding hydrogens is 382 g/mol. The molecule has 2 aliphatic rings. The van der Waals surface area contributed by atoms with E-state index in [2.05, 4.69) is 34.7 Å². The van der Waals surface area contributed by atoms with Crippen molar-refractivity contribution in [2.75, 3.05) is 55.0 Å². The number of imidazole rings is 1. The molecule has 158 valence electrons. The molecule has 2 fully saturated rings. The molecule has 0 spiro atoms. The summed E-state index contributed by atoms with van der Waals surface area (Å²) < 4.78 is 13.2. The van der Waals surface area contributed by atoms with E-state index in [0.29, 0.717) is 31.7 Å². The molecule has 4 heterocycles. The van der Waals surface area contributed by atoms with Gasteiger partial charge in [0.05, 0.1) is 43.0 Å². The number of nitrogens with two attached hydrogens (primary N) is 1. The number of nitrogens with zero attached hydrogens (tertiary/aromatic N) is 6. The van der Waals surface area contributed by atoms with Gasteiger partial charge in [-0.05, 0) is 26.0 Å². The van der Waals surface area contributed by atoms with Crippen molar-refractivity contribution >= 4 is 28.6 Å². The molecule has 9 nitrogen and oxygen atoms in total. The maximum absolute atomic E-state index is 6.30.